The van der Waals surface area contributed by atoms with Crippen molar-refractivity contribution < 1.29 is 9.90 Å². The normalized spacial score (nSPS) is 12.0. The molecule has 1 aromatic carbocycles. The fourth-order valence-corrected chi connectivity index (χ4v) is 2.75. The Morgan fingerprint density at radius 1 is 1.24 bits per heavy atom. The third-order valence-electron chi connectivity index (χ3n) is 4.25. The van der Waals surface area contributed by atoms with Gasteiger partial charge >= 0.3 is 0 Å². The third-order valence-corrected chi connectivity index (χ3v) is 4.25. The van der Waals surface area contributed by atoms with Crippen LogP contribution in [0.5, 0.6) is 0 Å². The predicted molar refractivity (Wildman–Crippen MR) is 99.3 cm³/mol. The number of aromatic nitrogens is 2. The summed E-state index contributed by atoms with van der Waals surface area (Å²) in [4.78, 5) is 21.2. The molecule has 5 nitrogen and oxygen atoms in total. The van der Waals surface area contributed by atoms with E-state index in [9.17, 15) is 9.90 Å². The Labute approximate surface area is 149 Å². The highest BCUT2D eigenvalue weighted by atomic mass is 16.3. The van der Waals surface area contributed by atoms with Gasteiger partial charge in [0.1, 0.15) is 0 Å². The molecule has 5 heteroatoms. The molecule has 0 saturated carbocycles. The van der Waals surface area contributed by atoms with E-state index in [1.54, 1.807) is 18.5 Å². The van der Waals surface area contributed by atoms with Crippen LogP contribution in [-0.2, 0) is 0 Å². The van der Waals surface area contributed by atoms with E-state index in [1.165, 1.54) is 0 Å². The van der Waals surface area contributed by atoms with E-state index in [0.717, 1.165) is 36.8 Å². The zero-order valence-corrected chi connectivity index (χ0v) is 15.0. The summed E-state index contributed by atoms with van der Waals surface area (Å²) in [6.07, 6.45) is 7.63. The number of amides is 1. The molecule has 1 aromatic heterocycles. The minimum absolute atomic E-state index is 0.0897. The summed E-state index contributed by atoms with van der Waals surface area (Å²) in [6.45, 7) is 4.67. The maximum Gasteiger partial charge on any atom is 0.252 e. The molecule has 1 heterocycles. The molecule has 0 aliphatic carbocycles. The van der Waals surface area contributed by atoms with Crippen molar-refractivity contribution in [1.29, 1.82) is 0 Å². The van der Waals surface area contributed by atoms with Crippen molar-refractivity contribution in [2.24, 2.45) is 5.92 Å². The lowest BCUT2D eigenvalue weighted by molar-refractivity contribution is 0.0938. The van der Waals surface area contributed by atoms with Crippen LogP contribution in [0.4, 0.5) is 0 Å². The smallest absolute Gasteiger partial charge is 0.252 e. The molecular formula is C20H27N3O2. The van der Waals surface area contributed by atoms with E-state index in [2.05, 4.69) is 22.2 Å². The molecule has 1 atom stereocenters. The zero-order valence-electron chi connectivity index (χ0n) is 15.0. The molecule has 2 aromatic rings. The van der Waals surface area contributed by atoms with Crippen LogP contribution in [-0.4, -0.2) is 34.1 Å². The second-order valence-corrected chi connectivity index (χ2v) is 6.38. The van der Waals surface area contributed by atoms with Crippen molar-refractivity contribution in [1.82, 2.24) is 15.3 Å². The van der Waals surface area contributed by atoms with Gasteiger partial charge in [0.2, 0.25) is 0 Å². The first kappa shape index (κ1) is 19.1. The number of hydrogen-bond acceptors (Lipinski definition) is 4. The van der Waals surface area contributed by atoms with Crippen LogP contribution in [0.1, 0.15) is 48.5 Å². The van der Waals surface area contributed by atoms with Gasteiger partial charge in [-0.05, 0) is 31.4 Å². The molecule has 25 heavy (non-hydrogen) atoms. The van der Waals surface area contributed by atoms with Gasteiger partial charge in [-0.15, -0.1) is 0 Å². The number of rotatable bonds is 9. The molecule has 0 radical (unpaired) electrons. The molecule has 2 N–H and O–H groups in total. The zero-order chi connectivity index (χ0) is 18.1. The SMILES string of the molecule is CCCCC[C@H](CO)CNC(=O)c1cc(C)ccc1-c1ncccn1. The lowest BCUT2D eigenvalue weighted by Crippen LogP contribution is -2.31. The van der Waals surface area contributed by atoms with Crippen molar-refractivity contribution in [3.05, 3.63) is 47.8 Å². The number of unbranched alkanes of at least 4 members (excludes halogenated alkanes) is 2. The fraction of sp³-hybridized carbons (Fsp3) is 0.450. The summed E-state index contributed by atoms with van der Waals surface area (Å²) >= 11 is 0. The summed E-state index contributed by atoms with van der Waals surface area (Å²) in [5, 5.41) is 12.5. The number of benzene rings is 1. The molecule has 0 fully saturated rings. The Balaban J connectivity index is 2.09. The third kappa shape index (κ3) is 5.64. The topological polar surface area (TPSA) is 75.1 Å². The average molecular weight is 341 g/mol. The van der Waals surface area contributed by atoms with Crippen LogP contribution < -0.4 is 5.32 Å². The Morgan fingerprint density at radius 2 is 2.00 bits per heavy atom. The Kier molecular flexibility index (Phi) is 7.54. The molecule has 0 saturated heterocycles. The maximum atomic E-state index is 12.7. The number of nitrogens with zero attached hydrogens (tertiary/aromatic N) is 2. The van der Waals surface area contributed by atoms with Gasteiger partial charge in [0.25, 0.3) is 5.91 Å². The van der Waals surface area contributed by atoms with Crippen LogP contribution >= 0.6 is 0 Å². The number of hydrogen-bond donors (Lipinski definition) is 2. The average Bonchev–Trinajstić information content (AvgIpc) is 2.65. The van der Waals surface area contributed by atoms with Gasteiger partial charge in [-0.2, -0.15) is 0 Å². The Morgan fingerprint density at radius 3 is 2.68 bits per heavy atom. The van der Waals surface area contributed by atoms with Gasteiger partial charge in [-0.25, -0.2) is 9.97 Å². The standard InChI is InChI=1S/C20H27N3O2/c1-3-4-5-7-16(14-24)13-23-20(25)18-12-15(2)8-9-17(18)19-21-10-6-11-22-19/h6,8-12,16,24H,3-5,7,13-14H2,1-2H3,(H,23,25)/t16-/m0/s1. The van der Waals surface area contributed by atoms with Crippen LogP contribution in [0.3, 0.4) is 0 Å². The number of aryl methyl sites for hydroxylation is 1. The summed E-state index contributed by atoms with van der Waals surface area (Å²) in [6, 6.07) is 7.43. The van der Waals surface area contributed by atoms with Crippen molar-refractivity contribution in [2.45, 2.75) is 39.5 Å². The van der Waals surface area contributed by atoms with E-state index in [1.807, 2.05) is 25.1 Å². The maximum absolute atomic E-state index is 12.7. The minimum Gasteiger partial charge on any atom is -0.396 e. The largest absolute Gasteiger partial charge is 0.396 e. The molecule has 0 bridgehead atoms. The summed E-state index contributed by atoms with van der Waals surface area (Å²) in [5.41, 5.74) is 2.29. The second-order valence-electron chi connectivity index (χ2n) is 6.38. The first-order chi connectivity index (χ1) is 12.2. The molecular weight excluding hydrogens is 314 g/mol. The van der Waals surface area contributed by atoms with E-state index in [4.69, 9.17) is 0 Å². The fourth-order valence-electron chi connectivity index (χ4n) is 2.75. The second kappa shape index (κ2) is 9.89. The van der Waals surface area contributed by atoms with Gasteiger partial charge in [0, 0.05) is 31.1 Å². The van der Waals surface area contributed by atoms with Crippen molar-refractivity contribution >= 4 is 5.91 Å². The molecule has 0 unspecified atom stereocenters. The van der Waals surface area contributed by atoms with Crippen molar-refractivity contribution in [2.75, 3.05) is 13.2 Å². The first-order valence-electron chi connectivity index (χ1n) is 8.92. The van der Waals surface area contributed by atoms with Gasteiger partial charge < -0.3 is 10.4 Å². The lowest BCUT2D eigenvalue weighted by Gasteiger charge is -2.16. The minimum atomic E-state index is -0.153. The molecule has 2 rings (SSSR count). The number of aliphatic hydroxyl groups excluding tert-OH is 1. The molecule has 134 valence electrons. The predicted octanol–water partition coefficient (Wildman–Crippen LogP) is 3.37. The van der Waals surface area contributed by atoms with Crippen LogP contribution in [0.25, 0.3) is 11.4 Å². The highest BCUT2D eigenvalue weighted by molar-refractivity contribution is 6.00. The molecule has 0 aliphatic heterocycles. The van der Waals surface area contributed by atoms with Gasteiger partial charge in [-0.1, -0.05) is 43.9 Å². The molecule has 0 spiro atoms. The van der Waals surface area contributed by atoms with Crippen LogP contribution in [0.2, 0.25) is 0 Å². The number of carbonyl (C=O) groups is 1. The van der Waals surface area contributed by atoms with Crippen LogP contribution in [0.15, 0.2) is 36.7 Å². The summed E-state index contributed by atoms with van der Waals surface area (Å²) in [5.74, 6) is 0.478. The van der Waals surface area contributed by atoms with Gasteiger partial charge in [-0.3, -0.25) is 4.79 Å². The highest BCUT2D eigenvalue weighted by Crippen LogP contribution is 2.21. The molecule has 0 aliphatic rings. The number of carbonyl (C=O) groups excluding carboxylic acids is 1. The summed E-state index contributed by atoms with van der Waals surface area (Å²) < 4.78 is 0. The Bertz CT molecular complexity index is 674. The number of nitrogens with one attached hydrogen (secondary N) is 1. The van der Waals surface area contributed by atoms with E-state index in [-0.39, 0.29) is 18.4 Å². The lowest BCUT2D eigenvalue weighted by atomic mass is 10.0. The van der Waals surface area contributed by atoms with E-state index in [0.29, 0.717) is 17.9 Å². The van der Waals surface area contributed by atoms with Crippen molar-refractivity contribution in [3.63, 3.8) is 0 Å². The van der Waals surface area contributed by atoms with Crippen LogP contribution in [0, 0.1) is 12.8 Å². The van der Waals surface area contributed by atoms with E-state index >= 15 is 0 Å². The monoisotopic (exact) mass is 341 g/mol. The highest BCUT2D eigenvalue weighted by Gasteiger charge is 2.16. The quantitative estimate of drug-likeness (QED) is 0.686. The molecule has 1 amide bonds. The van der Waals surface area contributed by atoms with Gasteiger partial charge in [0.15, 0.2) is 5.82 Å². The van der Waals surface area contributed by atoms with E-state index < -0.39 is 0 Å². The Hall–Kier alpha value is -2.27. The van der Waals surface area contributed by atoms with Crippen molar-refractivity contribution in [3.8, 4) is 11.4 Å². The van der Waals surface area contributed by atoms with Gasteiger partial charge in [0.05, 0.1) is 5.56 Å². The summed E-state index contributed by atoms with van der Waals surface area (Å²) in [7, 11) is 0. The number of aliphatic hydroxyl groups is 1. The first-order valence-corrected chi connectivity index (χ1v) is 8.92.